The van der Waals surface area contributed by atoms with E-state index in [-0.39, 0.29) is 0 Å². The molecule has 2 rings (SSSR count). The predicted molar refractivity (Wildman–Crippen MR) is 158 cm³/mol. The summed E-state index contributed by atoms with van der Waals surface area (Å²) in [7, 11) is 0. The summed E-state index contributed by atoms with van der Waals surface area (Å²) >= 11 is 0. The molecule has 0 amide bonds. The number of aromatic nitrogens is 2. The van der Waals surface area contributed by atoms with E-state index in [1.165, 1.54) is 133 Å². The summed E-state index contributed by atoms with van der Waals surface area (Å²) in [6.45, 7) is 6.97. The Morgan fingerprint density at radius 1 is 0.556 bits per heavy atom. The van der Waals surface area contributed by atoms with Crippen LogP contribution in [0.4, 0.5) is 0 Å². The van der Waals surface area contributed by atoms with Gasteiger partial charge in [-0.2, -0.15) is 0 Å². The molecule has 1 atom stereocenters. The van der Waals surface area contributed by atoms with E-state index in [2.05, 4.69) is 55.0 Å². The van der Waals surface area contributed by atoms with Crippen LogP contribution in [0.2, 0.25) is 0 Å². The molecule has 0 aliphatic heterocycles. The summed E-state index contributed by atoms with van der Waals surface area (Å²) in [5.41, 5.74) is 3.84. The van der Waals surface area contributed by atoms with Crippen LogP contribution in [0, 0.1) is 5.92 Å². The highest BCUT2D eigenvalue weighted by molar-refractivity contribution is 5.55. The second kappa shape index (κ2) is 20.4. The smallest absolute Gasteiger partial charge is 0.159 e. The molecule has 0 radical (unpaired) electrons. The summed E-state index contributed by atoms with van der Waals surface area (Å²) < 4.78 is 0. The van der Waals surface area contributed by atoms with Crippen LogP contribution < -0.4 is 0 Å². The van der Waals surface area contributed by atoms with Crippen molar-refractivity contribution in [1.29, 1.82) is 0 Å². The standard InChI is InChI=1S/C34H56N2/c1-4-6-7-8-9-10-11-12-16-19-22-31-24-26-33(27-25-31)34-35-28-32(29-36-34)23-20-17-14-13-15-18-21-30(3)5-2/h24-30H,4-23H2,1-3H3. The average molecular weight is 493 g/mol. The van der Waals surface area contributed by atoms with Gasteiger partial charge in [0.2, 0.25) is 0 Å². The highest BCUT2D eigenvalue weighted by Gasteiger charge is 2.03. The van der Waals surface area contributed by atoms with E-state index in [0.717, 1.165) is 23.7 Å². The van der Waals surface area contributed by atoms with Crippen LogP contribution in [0.5, 0.6) is 0 Å². The monoisotopic (exact) mass is 492 g/mol. The Kier molecular flexibility index (Phi) is 17.3. The fourth-order valence-electron chi connectivity index (χ4n) is 5.00. The summed E-state index contributed by atoms with van der Waals surface area (Å²) in [6.07, 6.45) is 31.2. The predicted octanol–water partition coefficient (Wildman–Crippen LogP) is 10.9. The number of rotatable bonds is 22. The van der Waals surface area contributed by atoms with Gasteiger partial charge in [-0.1, -0.05) is 148 Å². The number of hydrogen-bond donors (Lipinski definition) is 0. The van der Waals surface area contributed by atoms with E-state index < -0.39 is 0 Å². The normalized spacial score (nSPS) is 12.2. The summed E-state index contributed by atoms with van der Waals surface area (Å²) in [6, 6.07) is 8.93. The van der Waals surface area contributed by atoms with Gasteiger partial charge in [0, 0.05) is 18.0 Å². The van der Waals surface area contributed by atoms with Crippen molar-refractivity contribution in [2.45, 2.75) is 149 Å². The van der Waals surface area contributed by atoms with Crippen LogP contribution in [0.1, 0.15) is 147 Å². The van der Waals surface area contributed by atoms with Crippen LogP contribution in [-0.2, 0) is 12.8 Å². The second-order valence-corrected chi connectivity index (χ2v) is 11.2. The van der Waals surface area contributed by atoms with Crippen molar-refractivity contribution in [2.24, 2.45) is 5.92 Å². The van der Waals surface area contributed by atoms with Gasteiger partial charge in [-0.05, 0) is 42.7 Å². The molecule has 0 saturated heterocycles. The molecule has 1 heterocycles. The SMILES string of the molecule is CCCCCCCCCCCCc1ccc(-c2ncc(CCCCCCCCC(C)CC)cn2)cc1. The molecule has 2 nitrogen and oxygen atoms in total. The lowest BCUT2D eigenvalue weighted by Gasteiger charge is -2.07. The Bertz CT molecular complexity index is 750. The highest BCUT2D eigenvalue weighted by atomic mass is 14.9. The zero-order chi connectivity index (χ0) is 25.7. The first-order valence-electron chi connectivity index (χ1n) is 15.6. The van der Waals surface area contributed by atoms with Crippen LogP contribution in [-0.4, -0.2) is 9.97 Å². The Morgan fingerprint density at radius 2 is 1.03 bits per heavy atom. The molecule has 1 aromatic heterocycles. The lowest BCUT2D eigenvalue weighted by atomic mass is 9.99. The Labute approximate surface area is 224 Å². The number of unbranched alkanes of at least 4 members (excludes halogenated alkanes) is 14. The van der Waals surface area contributed by atoms with Gasteiger partial charge in [0.15, 0.2) is 5.82 Å². The van der Waals surface area contributed by atoms with Crippen LogP contribution in [0.25, 0.3) is 11.4 Å². The molecule has 0 fully saturated rings. The van der Waals surface area contributed by atoms with Crippen molar-refractivity contribution in [3.05, 3.63) is 47.8 Å². The molecule has 0 bridgehead atoms. The van der Waals surface area contributed by atoms with Crippen molar-refractivity contribution in [3.8, 4) is 11.4 Å². The first-order chi connectivity index (χ1) is 17.7. The minimum absolute atomic E-state index is 0.852. The van der Waals surface area contributed by atoms with E-state index in [1.54, 1.807) is 0 Å². The fraction of sp³-hybridized carbons (Fsp3) is 0.706. The summed E-state index contributed by atoms with van der Waals surface area (Å²) in [4.78, 5) is 9.32. The van der Waals surface area contributed by atoms with Gasteiger partial charge in [0.05, 0.1) is 0 Å². The maximum Gasteiger partial charge on any atom is 0.159 e. The molecule has 0 saturated carbocycles. The largest absolute Gasteiger partial charge is 0.236 e. The number of nitrogens with zero attached hydrogens (tertiary/aromatic N) is 2. The summed E-state index contributed by atoms with van der Waals surface area (Å²) in [5.74, 6) is 1.76. The molecule has 36 heavy (non-hydrogen) atoms. The molecule has 202 valence electrons. The summed E-state index contributed by atoms with van der Waals surface area (Å²) in [5, 5.41) is 0. The van der Waals surface area contributed by atoms with Crippen LogP contribution in [0.15, 0.2) is 36.7 Å². The van der Waals surface area contributed by atoms with E-state index in [9.17, 15) is 0 Å². The molecule has 0 N–H and O–H groups in total. The van der Waals surface area contributed by atoms with E-state index in [4.69, 9.17) is 0 Å². The van der Waals surface area contributed by atoms with Gasteiger partial charge in [0.1, 0.15) is 0 Å². The van der Waals surface area contributed by atoms with E-state index >= 15 is 0 Å². The number of hydrogen-bond acceptors (Lipinski definition) is 2. The molecular formula is C34H56N2. The third-order valence-corrected chi connectivity index (χ3v) is 7.85. The zero-order valence-electron chi connectivity index (χ0n) is 24.1. The van der Waals surface area contributed by atoms with Crippen molar-refractivity contribution in [1.82, 2.24) is 9.97 Å². The quantitative estimate of drug-likeness (QED) is 0.153. The molecule has 2 heteroatoms. The van der Waals surface area contributed by atoms with E-state index in [1.807, 2.05) is 12.4 Å². The third kappa shape index (κ3) is 14.1. The molecule has 1 unspecified atom stereocenters. The van der Waals surface area contributed by atoms with Crippen LogP contribution in [0.3, 0.4) is 0 Å². The molecule has 1 aromatic carbocycles. The van der Waals surface area contributed by atoms with E-state index in [0.29, 0.717) is 0 Å². The molecule has 2 aromatic rings. The average Bonchev–Trinajstić information content (AvgIpc) is 2.91. The van der Waals surface area contributed by atoms with Crippen molar-refractivity contribution in [2.75, 3.05) is 0 Å². The second-order valence-electron chi connectivity index (χ2n) is 11.2. The van der Waals surface area contributed by atoms with Gasteiger partial charge >= 0.3 is 0 Å². The molecule has 0 aliphatic rings. The van der Waals surface area contributed by atoms with Crippen LogP contribution >= 0.6 is 0 Å². The maximum atomic E-state index is 4.66. The topological polar surface area (TPSA) is 25.8 Å². The minimum Gasteiger partial charge on any atom is -0.236 e. The first-order valence-corrected chi connectivity index (χ1v) is 15.6. The van der Waals surface area contributed by atoms with Gasteiger partial charge in [-0.25, -0.2) is 9.97 Å². The van der Waals surface area contributed by atoms with Gasteiger partial charge in [-0.15, -0.1) is 0 Å². The highest BCUT2D eigenvalue weighted by Crippen LogP contribution is 2.19. The lowest BCUT2D eigenvalue weighted by molar-refractivity contribution is 0.471. The molecular weight excluding hydrogens is 436 g/mol. The lowest BCUT2D eigenvalue weighted by Crippen LogP contribution is -1.94. The maximum absolute atomic E-state index is 4.66. The van der Waals surface area contributed by atoms with Gasteiger partial charge in [-0.3, -0.25) is 0 Å². The number of aryl methyl sites for hydroxylation is 2. The fourth-order valence-corrected chi connectivity index (χ4v) is 5.00. The van der Waals surface area contributed by atoms with Gasteiger partial charge < -0.3 is 0 Å². The van der Waals surface area contributed by atoms with Crippen molar-refractivity contribution >= 4 is 0 Å². The third-order valence-electron chi connectivity index (χ3n) is 7.85. The minimum atomic E-state index is 0.852. The Morgan fingerprint density at radius 3 is 1.56 bits per heavy atom. The molecule has 0 spiro atoms. The van der Waals surface area contributed by atoms with Crippen molar-refractivity contribution in [3.63, 3.8) is 0 Å². The zero-order valence-corrected chi connectivity index (χ0v) is 24.1. The molecule has 0 aliphatic carbocycles. The Hall–Kier alpha value is -1.70. The van der Waals surface area contributed by atoms with Crippen molar-refractivity contribution < 1.29 is 0 Å². The first kappa shape index (κ1) is 30.5. The number of benzene rings is 1. The Balaban J connectivity index is 1.55. The van der Waals surface area contributed by atoms with Gasteiger partial charge in [0.25, 0.3) is 0 Å².